The van der Waals surface area contributed by atoms with Crippen molar-refractivity contribution in [2.24, 2.45) is 0 Å². The lowest BCUT2D eigenvalue weighted by Gasteiger charge is -2.15. The van der Waals surface area contributed by atoms with Crippen LogP contribution in [-0.4, -0.2) is 42.6 Å². The number of carbonyl (C=O) groups is 1. The molecule has 182 valence electrons. The Kier molecular flexibility index (Phi) is 5.79. The number of hydrogen-bond acceptors (Lipinski definition) is 6. The summed E-state index contributed by atoms with van der Waals surface area (Å²) in [7, 11) is -1.68. The van der Waals surface area contributed by atoms with Crippen LogP contribution in [0.1, 0.15) is 39.6 Å². The molecular weight excluding hydrogens is 465 g/mol. The molecule has 0 bridgehead atoms. The number of imidazole rings is 1. The third-order valence-electron chi connectivity index (χ3n) is 6.76. The molecule has 0 saturated carbocycles. The maximum Gasteiger partial charge on any atom is 0.508 e. The number of fused-ring (bicyclic) bond motifs is 2. The van der Waals surface area contributed by atoms with Crippen molar-refractivity contribution in [3.05, 3.63) is 101 Å². The van der Waals surface area contributed by atoms with Crippen LogP contribution in [0.5, 0.6) is 0 Å². The van der Waals surface area contributed by atoms with Crippen molar-refractivity contribution >= 4 is 29.8 Å². The van der Waals surface area contributed by atoms with Gasteiger partial charge in [-0.3, -0.25) is 14.3 Å². The van der Waals surface area contributed by atoms with Gasteiger partial charge >= 0.3 is 7.12 Å². The van der Waals surface area contributed by atoms with E-state index in [4.69, 9.17) is 4.98 Å². The zero-order valence-electron chi connectivity index (χ0n) is 20.2. The van der Waals surface area contributed by atoms with Gasteiger partial charge in [0.25, 0.3) is 5.91 Å². The fourth-order valence-electron chi connectivity index (χ4n) is 4.88. The predicted octanol–water partition coefficient (Wildman–Crippen LogP) is 2.89. The highest BCUT2D eigenvalue weighted by molar-refractivity contribution is 6.57. The molecule has 9 heteroatoms. The highest BCUT2D eigenvalue weighted by Crippen LogP contribution is 2.35. The second-order valence-corrected chi connectivity index (χ2v) is 9.23. The van der Waals surface area contributed by atoms with Gasteiger partial charge in [-0.2, -0.15) is 0 Å². The number of nitrogens with one attached hydrogen (secondary N) is 1. The minimum atomic E-state index is -1.68. The zero-order chi connectivity index (χ0) is 25.5. The molecule has 1 aliphatic carbocycles. The Morgan fingerprint density at radius 3 is 2.62 bits per heavy atom. The summed E-state index contributed by atoms with van der Waals surface area (Å²) in [4.78, 5) is 26.4. The van der Waals surface area contributed by atoms with Gasteiger partial charge < -0.3 is 15.4 Å². The number of benzene rings is 2. The Bertz CT molecular complexity index is 1620. The fourth-order valence-corrected chi connectivity index (χ4v) is 4.88. The summed E-state index contributed by atoms with van der Waals surface area (Å²) in [6.07, 6.45) is 3.23. The molecule has 0 spiro atoms. The summed E-state index contributed by atoms with van der Waals surface area (Å²) in [5.74, 6) is 0.572. The van der Waals surface area contributed by atoms with Crippen LogP contribution in [0.25, 0.3) is 28.2 Å². The summed E-state index contributed by atoms with van der Waals surface area (Å²) >= 11 is 0. The Balaban J connectivity index is 1.39. The number of aromatic nitrogens is 4. The lowest BCUT2D eigenvalue weighted by molar-refractivity contribution is 0.0936. The summed E-state index contributed by atoms with van der Waals surface area (Å²) < 4.78 is 1.95. The number of pyridine rings is 2. The number of aryl methyl sites for hydroxylation is 2. The van der Waals surface area contributed by atoms with Crippen molar-refractivity contribution in [2.75, 3.05) is 0 Å². The van der Waals surface area contributed by atoms with Crippen LogP contribution in [0.4, 0.5) is 0 Å². The summed E-state index contributed by atoms with van der Waals surface area (Å²) in [6.45, 7) is 1.89. The topological polar surface area (TPSA) is 113 Å². The zero-order valence-corrected chi connectivity index (χ0v) is 20.2. The van der Waals surface area contributed by atoms with Gasteiger partial charge in [-0.05, 0) is 67.3 Å². The number of amides is 1. The molecule has 3 heterocycles. The molecule has 8 nitrogen and oxygen atoms in total. The van der Waals surface area contributed by atoms with Crippen molar-refractivity contribution in [2.45, 2.75) is 25.8 Å². The Morgan fingerprint density at radius 1 is 1.03 bits per heavy atom. The first kappa shape index (κ1) is 23.1. The molecule has 0 aliphatic heterocycles. The van der Waals surface area contributed by atoms with E-state index in [-0.39, 0.29) is 17.5 Å². The number of nitrogens with zero attached hydrogens (tertiary/aromatic N) is 4. The maximum atomic E-state index is 12.8. The van der Waals surface area contributed by atoms with E-state index >= 15 is 0 Å². The quantitative estimate of drug-likeness (QED) is 0.328. The Hall–Kier alpha value is -4.34. The summed E-state index contributed by atoms with van der Waals surface area (Å²) in [5.41, 5.74) is 6.78. The molecule has 0 saturated heterocycles. The highest BCUT2D eigenvalue weighted by Gasteiger charge is 2.26. The van der Waals surface area contributed by atoms with Gasteiger partial charge in [0.05, 0.1) is 17.2 Å². The minimum absolute atomic E-state index is 0.0831. The predicted molar refractivity (Wildman–Crippen MR) is 142 cm³/mol. The van der Waals surface area contributed by atoms with Crippen LogP contribution in [0, 0.1) is 6.92 Å². The Morgan fingerprint density at radius 2 is 1.86 bits per heavy atom. The lowest BCUT2D eigenvalue weighted by Crippen LogP contribution is -2.32. The second-order valence-electron chi connectivity index (χ2n) is 9.23. The largest absolute Gasteiger partial charge is 0.508 e. The molecule has 1 atom stereocenters. The van der Waals surface area contributed by atoms with Crippen LogP contribution >= 0.6 is 0 Å². The third-order valence-corrected chi connectivity index (χ3v) is 6.76. The first-order valence-electron chi connectivity index (χ1n) is 12.2. The Labute approximate surface area is 213 Å². The summed E-state index contributed by atoms with van der Waals surface area (Å²) in [6, 6.07) is 22.8. The van der Waals surface area contributed by atoms with Crippen molar-refractivity contribution in [3.63, 3.8) is 0 Å². The van der Waals surface area contributed by atoms with Crippen molar-refractivity contribution in [1.29, 1.82) is 0 Å². The number of carbonyl (C=O) groups excluding carboxylic acids is 1. The van der Waals surface area contributed by atoms with Gasteiger partial charge in [0.1, 0.15) is 11.3 Å². The average Bonchev–Trinajstić information content (AvgIpc) is 3.50. The fraction of sp³-hybridized carbons (Fsp3) is 0.143. The van der Waals surface area contributed by atoms with Gasteiger partial charge in [-0.25, -0.2) is 9.97 Å². The van der Waals surface area contributed by atoms with Crippen molar-refractivity contribution < 1.29 is 14.8 Å². The van der Waals surface area contributed by atoms with E-state index in [1.54, 1.807) is 24.4 Å². The normalized spacial score (nSPS) is 14.5. The monoisotopic (exact) mass is 489 g/mol. The van der Waals surface area contributed by atoms with Crippen molar-refractivity contribution in [1.82, 2.24) is 24.8 Å². The van der Waals surface area contributed by atoms with E-state index in [9.17, 15) is 14.8 Å². The molecule has 0 fully saturated rings. The van der Waals surface area contributed by atoms with Gasteiger partial charge in [0.15, 0.2) is 5.65 Å². The summed E-state index contributed by atoms with van der Waals surface area (Å²) in [5, 5.41) is 22.6. The lowest BCUT2D eigenvalue weighted by atomic mass is 9.86. The average molecular weight is 489 g/mol. The smallest absolute Gasteiger partial charge is 0.422 e. The second kappa shape index (κ2) is 9.27. The third kappa shape index (κ3) is 4.28. The number of rotatable bonds is 5. The maximum absolute atomic E-state index is 12.8. The van der Waals surface area contributed by atoms with E-state index < -0.39 is 7.12 Å². The van der Waals surface area contributed by atoms with Crippen molar-refractivity contribution in [3.8, 4) is 17.1 Å². The molecule has 1 aliphatic rings. The first-order valence-corrected chi connectivity index (χ1v) is 12.2. The van der Waals surface area contributed by atoms with Crippen LogP contribution in [-0.2, 0) is 6.42 Å². The molecule has 3 N–H and O–H groups in total. The van der Waals surface area contributed by atoms with E-state index in [0.717, 1.165) is 40.9 Å². The van der Waals surface area contributed by atoms with Crippen LogP contribution < -0.4 is 10.9 Å². The minimum Gasteiger partial charge on any atom is -0.422 e. The number of hydrogen-bond donors (Lipinski definition) is 3. The van der Waals surface area contributed by atoms with E-state index in [2.05, 4.69) is 21.4 Å². The van der Waals surface area contributed by atoms with Gasteiger partial charge in [-0.1, -0.05) is 36.4 Å². The van der Waals surface area contributed by atoms with E-state index in [1.165, 1.54) is 0 Å². The molecule has 0 radical (unpaired) electrons. The van der Waals surface area contributed by atoms with Crippen LogP contribution in [0.15, 0.2) is 79.0 Å². The van der Waals surface area contributed by atoms with E-state index in [0.29, 0.717) is 22.6 Å². The van der Waals surface area contributed by atoms with E-state index in [1.807, 2.05) is 60.0 Å². The van der Waals surface area contributed by atoms with Gasteiger partial charge in [-0.15, -0.1) is 0 Å². The SMILES string of the molecule is Cc1ccc(C(=O)NC2CCc3cc(-n4c(-c5ccccc5)nc5ccc(B(O)O)nc54)ccc32)cn1. The molecule has 37 heavy (non-hydrogen) atoms. The van der Waals surface area contributed by atoms with Crippen LogP contribution in [0.2, 0.25) is 0 Å². The van der Waals surface area contributed by atoms with Gasteiger partial charge in [0.2, 0.25) is 0 Å². The molecule has 2 aromatic carbocycles. The molecule has 1 amide bonds. The van der Waals surface area contributed by atoms with Gasteiger partial charge in [0, 0.05) is 23.1 Å². The highest BCUT2D eigenvalue weighted by atomic mass is 16.4. The molecule has 3 aromatic heterocycles. The first-order chi connectivity index (χ1) is 18.0. The standard InChI is InChI=1S/C28H24BN5O3/c1-17-7-8-20(16-30-17)28(35)32-23-12-9-19-15-21(10-11-22(19)23)34-26(18-5-3-2-4-6-18)31-24-13-14-25(29(36)37)33-27(24)34/h2-8,10-11,13-16,23,36-37H,9,12H2,1H3,(H,32,35). The van der Waals surface area contributed by atoms with Crippen LogP contribution in [0.3, 0.4) is 0 Å². The molecular formula is C28H24BN5O3. The molecule has 5 aromatic rings. The molecule has 6 rings (SSSR count). The molecule has 1 unspecified atom stereocenters.